The number of nitrogens with zero attached hydrogens (tertiary/aromatic N) is 1. The number of rotatable bonds is 2. The molecule has 112 valence electrons. The molecule has 1 aliphatic heterocycles. The molecule has 1 aliphatic carbocycles. The van der Waals surface area contributed by atoms with E-state index < -0.39 is 12.0 Å². The van der Waals surface area contributed by atoms with Crippen LogP contribution in [0.2, 0.25) is 0 Å². The van der Waals surface area contributed by atoms with Crippen LogP contribution in [0.15, 0.2) is 24.3 Å². The van der Waals surface area contributed by atoms with E-state index in [0.717, 1.165) is 24.8 Å². The van der Waals surface area contributed by atoms with Crippen LogP contribution in [0.3, 0.4) is 0 Å². The number of fused-ring (bicyclic) bond motifs is 1. The maximum atomic E-state index is 12.8. The Morgan fingerprint density at radius 2 is 2.10 bits per heavy atom. The molecule has 2 N–H and O–H groups in total. The molecule has 0 radical (unpaired) electrons. The van der Waals surface area contributed by atoms with Gasteiger partial charge in [0.15, 0.2) is 6.10 Å². The van der Waals surface area contributed by atoms with E-state index in [-0.39, 0.29) is 18.4 Å². The Labute approximate surface area is 124 Å². The lowest BCUT2D eigenvalue weighted by Crippen LogP contribution is -2.51. The van der Waals surface area contributed by atoms with E-state index in [4.69, 9.17) is 10.5 Å². The second-order valence-corrected chi connectivity index (χ2v) is 5.69. The summed E-state index contributed by atoms with van der Waals surface area (Å²) in [6, 6.07) is 8.14. The highest BCUT2D eigenvalue weighted by Gasteiger charge is 2.34. The number of hydrogen-bond acceptors (Lipinski definition) is 3. The third-order valence-corrected chi connectivity index (χ3v) is 4.36. The zero-order valence-electron chi connectivity index (χ0n) is 12.0. The molecule has 1 heterocycles. The zero-order valence-corrected chi connectivity index (χ0v) is 12.0. The van der Waals surface area contributed by atoms with Crippen molar-refractivity contribution in [1.82, 2.24) is 4.90 Å². The van der Waals surface area contributed by atoms with Crippen LogP contribution in [0.5, 0.6) is 0 Å². The normalized spacial score (nSPS) is 25.2. The largest absolute Gasteiger partial charge is 0.367 e. The summed E-state index contributed by atoms with van der Waals surface area (Å²) in [4.78, 5) is 25.8. The maximum absolute atomic E-state index is 12.8. The van der Waals surface area contributed by atoms with Gasteiger partial charge in [0.25, 0.3) is 0 Å². The maximum Gasteiger partial charge on any atom is 0.248 e. The molecule has 5 nitrogen and oxygen atoms in total. The second kappa shape index (κ2) is 5.85. The van der Waals surface area contributed by atoms with E-state index >= 15 is 0 Å². The van der Waals surface area contributed by atoms with Gasteiger partial charge >= 0.3 is 0 Å². The summed E-state index contributed by atoms with van der Waals surface area (Å²) in [5.41, 5.74) is 7.68. The molecule has 21 heavy (non-hydrogen) atoms. The average molecular weight is 288 g/mol. The van der Waals surface area contributed by atoms with Gasteiger partial charge in [-0.3, -0.25) is 9.59 Å². The van der Waals surface area contributed by atoms with Crippen molar-refractivity contribution in [2.75, 3.05) is 19.7 Å². The van der Waals surface area contributed by atoms with Gasteiger partial charge < -0.3 is 15.4 Å². The third kappa shape index (κ3) is 2.78. The van der Waals surface area contributed by atoms with Gasteiger partial charge in [-0.1, -0.05) is 24.3 Å². The fraction of sp³-hybridized carbons (Fsp3) is 0.500. The Morgan fingerprint density at radius 3 is 2.90 bits per heavy atom. The Kier molecular flexibility index (Phi) is 3.92. The van der Waals surface area contributed by atoms with Crippen molar-refractivity contribution in [3.8, 4) is 0 Å². The predicted molar refractivity (Wildman–Crippen MR) is 77.6 cm³/mol. The lowest BCUT2D eigenvalue weighted by atomic mass is 9.82. The number of benzene rings is 1. The summed E-state index contributed by atoms with van der Waals surface area (Å²) >= 11 is 0. The number of aryl methyl sites for hydroxylation is 1. The number of nitrogens with two attached hydrogens (primary N) is 1. The first kappa shape index (κ1) is 14.1. The lowest BCUT2D eigenvalue weighted by Gasteiger charge is -2.35. The fourth-order valence-electron chi connectivity index (χ4n) is 3.25. The van der Waals surface area contributed by atoms with Crippen LogP contribution in [0, 0.1) is 0 Å². The van der Waals surface area contributed by atoms with Crippen molar-refractivity contribution in [1.29, 1.82) is 0 Å². The standard InChI is InChI=1S/C16H20N2O3/c17-15(19)14-10-18(8-9-21-14)16(20)13-7-3-5-11-4-1-2-6-12(11)13/h1-2,4,6,13-14H,3,5,7-10H2,(H2,17,19)/t13-,14+/m1/s1. The first-order chi connectivity index (χ1) is 10.2. The number of primary amides is 1. The van der Waals surface area contributed by atoms with Crippen LogP contribution < -0.4 is 5.73 Å². The summed E-state index contributed by atoms with van der Waals surface area (Å²) in [5, 5.41) is 0. The highest BCUT2D eigenvalue weighted by molar-refractivity contribution is 5.86. The number of carbonyl (C=O) groups is 2. The van der Waals surface area contributed by atoms with E-state index in [2.05, 4.69) is 6.07 Å². The average Bonchev–Trinajstić information content (AvgIpc) is 2.53. The van der Waals surface area contributed by atoms with Crippen molar-refractivity contribution in [2.24, 2.45) is 5.73 Å². The molecule has 2 aliphatic rings. The highest BCUT2D eigenvalue weighted by Crippen LogP contribution is 2.33. The molecule has 1 aromatic carbocycles. The Balaban J connectivity index is 1.78. The molecule has 0 aromatic heterocycles. The molecule has 2 amide bonds. The molecule has 0 spiro atoms. The molecule has 1 saturated heterocycles. The van der Waals surface area contributed by atoms with Crippen LogP contribution in [-0.4, -0.2) is 42.5 Å². The van der Waals surface area contributed by atoms with Crippen molar-refractivity contribution < 1.29 is 14.3 Å². The summed E-state index contributed by atoms with van der Waals surface area (Å²) < 4.78 is 5.31. The minimum Gasteiger partial charge on any atom is -0.367 e. The smallest absolute Gasteiger partial charge is 0.248 e. The van der Waals surface area contributed by atoms with E-state index in [1.54, 1.807) is 4.90 Å². The molecule has 0 saturated carbocycles. The zero-order chi connectivity index (χ0) is 14.8. The van der Waals surface area contributed by atoms with Crippen LogP contribution >= 0.6 is 0 Å². The van der Waals surface area contributed by atoms with Gasteiger partial charge in [-0.2, -0.15) is 0 Å². The van der Waals surface area contributed by atoms with Crippen LogP contribution in [0.25, 0.3) is 0 Å². The Morgan fingerprint density at radius 1 is 1.29 bits per heavy atom. The molecular weight excluding hydrogens is 268 g/mol. The van der Waals surface area contributed by atoms with E-state index in [1.807, 2.05) is 18.2 Å². The molecular formula is C16H20N2O3. The summed E-state index contributed by atoms with van der Waals surface area (Å²) in [5.74, 6) is -0.505. The molecule has 5 heteroatoms. The van der Waals surface area contributed by atoms with Crippen LogP contribution in [0.4, 0.5) is 0 Å². The number of carbonyl (C=O) groups excluding carboxylic acids is 2. The SMILES string of the molecule is NC(=O)[C@@H]1CN(C(=O)[C@@H]2CCCc3ccccc32)CCO1. The quantitative estimate of drug-likeness (QED) is 0.875. The topological polar surface area (TPSA) is 72.6 Å². The van der Waals surface area contributed by atoms with Crippen molar-refractivity contribution >= 4 is 11.8 Å². The fourth-order valence-corrected chi connectivity index (χ4v) is 3.25. The summed E-state index contributed by atoms with van der Waals surface area (Å²) in [6.07, 6.45) is 2.25. The highest BCUT2D eigenvalue weighted by atomic mass is 16.5. The summed E-state index contributed by atoms with van der Waals surface area (Å²) in [6.45, 7) is 1.17. The third-order valence-electron chi connectivity index (χ3n) is 4.36. The van der Waals surface area contributed by atoms with Gasteiger partial charge in [-0.15, -0.1) is 0 Å². The molecule has 3 rings (SSSR count). The van der Waals surface area contributed by atoms with Gasteiger partial charge in [0.05, 0.1) is 19.1 Å². The van der Waals surface area contributed by atoms with Gasteiger partial charge in [0.2, 0.25) is 11.8 Å². The molecule has 0 bridgehead atoms. The van der Waals surface area contributed by atoms with Crippen molar-refractivity contribution in [3.05, 3.63) is 35.4 Å². The van der Waals surface area contributed by atoms with Gasteiger partial charge in [-0.25, -0.2) is 0 Å². The van der Waals surface area contributed by atoms with Gasteiger partial charge in [-0.05, 0) is 30.4 Å². The number of morpholine rings is 1. The monoisotopic (exact) mass is 288 g/mol. The number of ether oxygens (including phenoxy) is 1. The Bertz CT molecular complexity index is 558. The van der Waals surface area contributed by atoms with Crippen molar-refractivity contribution in [2.45, 2.75) is 31.3 Å². The predicted octanol–water partition coefficient (Wildman–Crippen LogP) is 0.819. The van der Waals surface area contributed by atoms with E-state index in [9.17, 15) is 9.59 Å². The van der Waals surface area contributed by atoms with Gasteiger partial charge in [0, 0.05) is 6.54 Å². The van der Waals surface area contributed by atoms with Gasteiger partial charge in [0.1, 0.15) is 0 Å². The van der Waals surface area contributed by atoms with Crippen LogP contribution in [0.1, 0.15) is 29.9 Å². The van der Waals surface area contributed by atoms with Crippen molar-refractivity contribution in [3.63, 3.8) is 0 Å². The Hall–Kier alpha value is -1.88. The first-order valence-corrected chi connectivity index (χ1v) is 7.44. The first-order valence-electron chi connectivity index (χ1n) is 7.44. The molecule has 0 unspecified atom stereocenters. The number of hydrogen-bond donors (Lipinski definition) is 1. The molecule has 1 fully saturated rings. The number of amides is 2. The minimum atomic E-state index is -0.679. The summed E-state index contributed by atoms with van der Waals surface area (Å²) in [7, 11) is 0. The second-order valence-electron chi connectivity index (χ2n) is 5.69. The minimum absolute atomic E-state index is 0.0942. The molecule has 2 atom stereocenters. The lowest BCUT2D eigenvalue weighted by molar-refractivity contribution is -0.146. The van der Waals surface area contributed by atoms with Crippen LogP contribution in [-0.2, 0) is 20.7 Å². The van der Waals surface area contributed by atoms with E-state index in [0.29, 0.717) is 13.2 Å². The molecule has 1 aromatic rings. The van der Waals surface area contributed by atoms with E-state index in [1.165, 1.54) is 5.56 Å².